The van der Waals surface area contributed by atoms with Crippen molar-refractivity contribution in [2.45, 2.75) is 98.5 Å². The number of carbonyl (C=O) groups excluding carboxylic acids is 2. The molecule has 0 heterocycles. The van der Waals surface area contributed by atoms with Gasteiger partial charge in [-0.15, -0.1) is 0 Å². The highest BCUT2D eigenvalue weighted by atomic mass is 16.6. The monoisotopic (exact) mass is 368 g/mol. The number of rotatable bonds is 3. The molecule has 2 rings (SSSR count). The summed E-state index contributed by atoms with van der Waals surface area (Å²) >= 11 is 0. The minimum Gasteiger partial charge on any atom is -0.466 e. The van der Waals surface area contributed by atoms with Crippen LogP contribution in [0.15, 0.2) is 0 Å². The van der Waals surface area contributed by atoms with Gasteiger partial charge < -0.3 is 9.47 Å². The fraction of sp³-hybridized carbons (Fsp3) is 0.909. The number of esters is 2. The van der Waals surface area contributed by atoms with E-state index in [0.29, 0.717) is 6.61 Å². The zero-order valence-electron chi connectivity index (χ0n) is 17.8. The summed E-state index contributed by atoms with van der Waals surface area (Å²) in [6.07, 6.45) is 8.78. The highest BCUT2D eigenvalue weighted by molar-refractivity contribution is 5.73. The van der Waals surface area contributed by atoms with Crippen LogP contribution in [0, 0.1) is 23.7 Å². The van der Waals surface area contributed by atoms with E-state index in [1.54, 1.807) is 0 Å². The fourth-order valence-corrected chi connectivity index (χ4v) is 3.64. The summed E-state index contributed by atoms with van der Waals surface area (Å²) in [7, 11) is 0. The Kier molecular flexibility index (Phi) is 9.67. The Morgan fingerprint density at radius 3 is 1.50 bits per heavy atom. The van der Waals surface area contributed by atoms with E-state index in [0.717, 1.165) is 37.5 Å². The standard InChI is InChI=1S/C12H22O2.C10H18O2/c1-9-5-7-10(8-6-9)11(13)14-12(2,3)4;1-3-12-10(11)9-6-4-8(2)5-7-9/h9-10H,5-8H2,1-4H3;8-9H,3-7H2,1-2H3. The molecule has 0 aromatic rings. The van der Waals surface area contributed by atoms with Crippen LogP contribution in [0.1, 0.15) is 92.9 Å². The molecule has 0 amide bonds. The Labute approximate surface area is 160 Å². The fourth-order valence-electron chi connectivity index (χ4n) is 3.64. The van der Waals surface area contributed by atoms with Crippen LogP contribution >= 0.6 is 0 Å². The predicted octanol–water partition coefficient (Wildman–Crippen LogP) is 5.53. The zero-order valence-corrected chi connectivity index (χ0v) is 17.8. The van der Waals surface area contributed by atoms with Gasteiger partial charge >= 0.3 is 11.9 Å². The Hall–Kier alpha value is -1.06. The summed E-state index contributed by atoms with van der Waals surface area (Å²) in [5.74, 6) is 1.96. The van der Waals surface area contributed by atoms with Crippen LogP contribution in [-0.2, 0) is 19.1 Å². The normalized spacial score (nSPS) is 29.2. The average molecular weight is 369 g/mol. The summed E-state index contributed by atoms with van der Waals surface area (Å²) in [6, 6.07) is 0. The molecule has 0 saturated heterocycles. The van der Waals surface area contributed by atoms with E-state index in [-0.39, 0.29) is 29.4 Å². The number of hydrogen-bond acceptors (Lipinski definition) is 4. The largest absolute Gasteiger partial charge is 0.466 e. The second kappa shape index (κ2) is 10.9. The minimum atomic E-state index is -0.333. The average Bonchev–Trinajstić information content (AvgIpc) is 2.55. The van der Waals surface area contributed by atoms with Gasteiger partial charge in [0.1, 0.15) is 5.60 Å². The van der Waals surface area contributed by atoms with Gasteiger partial charge in [-0.3, -0.25) is 9.59 Å². The Morgan fingerprint density at radius 2 is 1.15 bits per heavy atom. The van der Waals surface area contributed by atoms with Gasteiger partial charge in [-0.1, -0.05) is 13.8 Å². The van der Waals surface area contributed by atoms with Crippen molar-refractivity contribution in [1.29, 1.82) is 0 Å². The first kappa shape index (κ1) is 23.0. The van der Waals surface area contributed by atoms with E-state index < -0.39 is 0 Å². The molecule has 0 atom stereocenters. The number of ether oxygens (including phenoxy) is 2. The maximum Gasteiger partial charge on any atom is 0.309 e. The minimum absolute atomic E-state index is 0.00407. The molecule has 4 nitrogen and oxygen atoms in total. The smallest absolute Gasteiger partial charge is 0.309 e. The third-order valence-corrected chi connectivity index (χ3v) is 5.39. The maximum atomic E-state index is 11.7. The van der Waals surface area contributed by atoms with Gasteiger partial charge in [0, 0.05) is 0 Å². The van der Waals surface area contributed by atoms with Gasteiger partial charge in [-0.2, -0.15) is 0 Å². The molecule has 0 N–H and O–H groups in total. The van der Waals surface area contributed by atoms with Gasteiger partial charge in [0.05, 0.1) is 18.4 Å². The van der Waals surface area contributed by atoms with Crippen molar-refractivity contribution in [2.75, 3.05) is 6.61 Å². The SMILES string of the molecule is CC1CCC(C(=O)OC(C)(C)C)CC1.CCOC(=O)C1CCC(C)CC1. The Morgan fingerprint density at radius 1 is 0.769 bits per heavy atom. The van der Waals surface area contributed by atoms with Crippen molar-refractivity contribution in [3.8, 4) is 0 Å². The van der Waals surface area contributed by atoms with Gasteiger partial charge in [-0.05, 0) is 90.9 Å². The third kappa shape index (κ3) is 9.05. The molecule has 2 fully saturated rings. The van der Waals surface area contributed by atoms with E-state index >= 15 is 0 Å². The van der Waals surface area contributed by atoms with Gasteiger partial charge in [-0.25, -0.2) is 0 Å². The van der Waals surface area contributed by atoms with Crippen molar-refractivity contribution in [3.05, 3.63) is 0 Å². The van der Waals surface area contributed by atoms with Crippen LogP contribution in [0.25, 0.3) is 0 Å². The Balaban J connectivity index is 0.000000263. The first-order valence-corrected chi connectivity index (χ1v) is 10.5. The van der Waals surface area contributed by atoms with Crippen LogP contribution in [0.5, 0.6) is 0 Å². The predicted molar refractivity (Wildman–Crippen MR) is 105 cm³/mol. The number of hydrogen-bond donors (Lipinski definition) is 0. The molecule has 0 radical (unpaired) electrons. The quantitative estimate of drug-likeness (QED) is 0.615. The van der Waals surface area contributed by atoms with Crippen LogP contribution in [0.3, 0.4) is 0 Å². The van der Waals surface area contributed by atoms with E-state index in [2.05, 4.69) is 13.8 Å². The molecule has 0 bridgehead atoms. The molecular formula is C22H40O4. The van der Waals surface area contributed by atoms with Crippen molar-refractivity contribution < 1.29 is 19.1 Å². The van der Waals surface area contributed by atoms with Gasteiger partial charge in [0.25, 0.3) is 0 Å². The molecule has 152 valence electrons. The lowest BCUT2D eigenvalue weighted by molar-refractivity contribution is -0.161. The third-order valence-electron chi connectivity index (χ3n) is 5.39. The molecule has 0 aromatic heterocycles. The Bertz CT molecular complexity index is 422. The first-order chi connectivity index (χ1) is 12.1. The van der Waals surface area contributed by atoms with Gasteiger partial charge in [0.15, 0.2) is 0 Å². The molecule has 0 unspecified atom stereocenters. The van der Waals surface area contributed by atoms with Crippen LogP contribution in [0.2, 0.25) is 0 Å². The molecule has 2 saturated carbocycles. The molecule has 2 aliphatic rings. The van der Waals surface area contributed by atoms with Crippen molar-refractivity contribution in [2.24, 2.45) is 23.7 Å². The lowest BCUT2D eigenvalue weighted by Crippen LogP contribution is -2.30. The zero-order chi connectivity index (χ0) is 19.7. The molecule has 0 spiro atoms. The van der Waals surface area contributed by atoms with Crippen LogP contribution < -0.4 is 0 Å². The molecule has 0 aliphatic heterocycles. The molecule has 4 heteroatoms. The summed E-state index contributed by atoms with van der Waals surface area (Å²) in [5.41, 5.74) is -0.333. The van der Waals surface area contributed by atoms with E-state index in [9.17, 15) is 9.59 Å². The summed E-state index contributed by atoms with van der Waals surface area (Å²) in [5, 5.41) is 0. The highest BCUT2D eigenvalue weighted by Gasteiger charge is 2.28. The van der Waals surface area contributed by atoms with E-state index in [1.165, 1.54) is 25.7 Å². The van der Waals surface area contributed by atoms with Crippen LogP contribution in [0.4, 0.5) is 0 Å². The highest BCUT2D eigenvalue weighted by Crippen LogP contribution is 2.30. The summed E-state index contributed by atoms with van der Waals surface area (Å²) in [4.78, 5) is 23.0. The lowest BCUT2D eigenvalue weighted by atomic mass is 9.83. The molecule has 2 aliphatic carbocycles. The topological polar surface area (TPSA) is 52.6 Å². The van der Waals surface area contributed by atoms with Crippen molar-refractivity contribution in [3.63, 3.8) is 0 Å². The molecule has 0 aromatic carbocycles. The van der Waals surface area contributed by atoms with E-state index in [4.69, 9.17) is 9.47 Å². The van der Waals surface area contributed by atoms with E-state index in [1.807, 2.05) is 27.7 Å². The van der Waals surface area contributed by atoms with Crippen LogP contribution in [-0.4, -0.2) is 24.1 Å². The summed E-state index contributed by atoms with van der Waals surface area (Å²) < 4.78 is 10.4. The number of carbonyl (C=O) groups is 2. The first-order valence-electron chi connectivity index (χ1n) is 10.5. The summed E-state index contributed by atoms with van der Waals surface area (Å²) in [6.45, 7) is 12.7. The van der Waals surface area contributed by atoms with Crippen molar-refractivity contribution in [1.82, 2.24) is 0 Å². The maximum absolute atomic E-state index is 11.7. The lowest BCUT2D eigenvalue weighted by Gasteiger charge is -2.28. The van der Waals surface area contributed by atoms with Gasteiger partial charge in [0.2, 0.25) is 0 Å². The van der Waals surface area contributed by atoms with Crippen molar-refractivity contribution >= 4 is 11.9 Å². The molecule has 26 heavy (non-hydrogen) atoms. The second-order valence-corrected chi connectivity index (χ2v) is 9.20. The molecular weight excluding hydrogens is 328 g/mol. The second-order valence-electron chi connectivity index (χ2n) is 9.20.